The van der Waals surface area contributed by atoms with Crippen LogP contribution in [-0.2, 0) is 20.9 Å². The number of carbonyl (C=O) groups is 2. The van der Waals surface area contributed by atoms with E-state index in [9.17, 15) is 9.59 Å². The van der Waals surface area contributed by atoms with Gasteiger partial charge in [-0.1, -0.05) is 6.07 Å². The van der Waals surface area contributed by atoms with Crippen LogP contribution in [-0.4, -0.2) is 80.2 Å². The standard InChI is InChI=1S/C23H24N6O3.CH4O/c1-15-19(14-32-21(15)30)28-11-8-23(22(28)31)6-9-27(10-7-23)13-16-2-4-18-17(12-16)3-5-20-24-25-26-29(18)20;1-2/h2-5,12H,6-11,13-14H2,1H3;2H,1H3. The lowest BCUT2D eigenvalue weighted by Crippen LogP contribution is -2.44. The van der Waals surface area contributed by atoms with Gasteiger partial charge in [0.15, 0.2) is 5.65 Å². The van der Waals surface area contributed by atoms with Gasteiger partial charge < -0.3 is 14.7 Å². The van der Waals surface area contributed by atoms with E-state index >= 15 is 0 Å². The molecule has 0 unspecified atom stereocenters. The largest absolute Gasteiger partial charge is 0.456 e. The van der Waals surface area contributed by atoms with Crippen molar-refractivity contribution in [3.05, 3.63) is 47.2 Å². The summed E-state index contributed by atoms with van der Waals surface area (Å²) in [5.74, 6) is -0.138. The van der Waals surface area contributed by atoms with Crippen LogP contribution in [0.4, 0.5) is 0 Å². The molecule has 1 N–H and O–H groups in total. The summed E-state index contributed by atoms with van der Waals surface area (Å²) in [5, 5.41) is 19.9. The zero-order chi connectivity index (χ0) is 23.9. The van der Waals surface area contributed by atoms with Crippen LogP contribution >= 0.6 is 0 Å². The Labute approximate surface area is 196 Å². The average molecular weight is 465 g/mol. The molecular weight excluding hydrogens is 436 g/mol. The molecule has 0 atom stereocenters. The number of tetrazole rings is 1. The van der Waals surface area contributed by atoms with Gasteiger partial charge in [-0.25, -0.2) is 4.79 Å². The van der Waals surface area contributed by atoms with Crippen molar-refractivity contribution in [3.63, 3.8) is 0 Å². The maximum Gasteiger partial charge on any atom is 0.336 e. The highest BCUT2D eigenvalue weighted by Crippen LogP contribution is 2.44. The van der Waals surface area contributed by atoms with E-state index in [1.807, 2.05) is 6.07 Å². The van der Waals surface area contributed by atoms with Crippen molar-refractivity contribution in [2.24, 2.45) is 5.41 Å². The summed E-state index contributed by atoms with van der Waals surface area (Å²) in [7, 11) is 1.00. The van der Waals surface area contributed by atoms with Crippen molar-refractivity contribution < 1.29 is 19.4 Å². The Morgan fingerprint density at radius 3 is 2.56 bits per heavy atom. The first kappa shape index (κ1) is 22.4. The lowest BCUT2D eigenvalue weighted by Gasteiger charge is -2.38. The van der Waals surface area contributed by atoms with Gasteiger partial charge in [-0.05, 0) is 79.5 Å². The number of fused-ring (bicyclic) bond motifs is 3. The van der Waals surface area contributed by atoms with Crippen LogP contribution in [0.2, 0.25) is 0 Å². The predicted molar refractivity (Wildman–Crippen MR) is 123 cm³/mol. The van der Waals surface area contributed by atoms with E-state index in [1.165, 1.54) is 5.56 Å². The predicted octanol–water partition coefficient (Wildman–Crippen LogP) is 1.53. The molecule has 2 aromatic heterocycles. The number of ether oxygens (including phenoxy) is 1. The summed E-state index contributed by atoms with van der Waals surface area (Å²) in [6.07, 6.45) is 2.55. The number of piperidine rings is 1. The number of likely N-dealkylation sites (tertiary alicyclic amines) is 2. The van der Waals surface area contributed by atoms with Crippen molar-refractivity contribution in [1.82, 2.24) is 29.8 Å². The SMILES string of the molecule is CC1=C(N2CCC3(CCN(Cc4ccc5c(ccc6nnnn65)c4)CC3)C2=O)COC1=O.CO. The van der Waals surface area contributed by atoms with Crippen LogP contribution in [0, 0.1) is 5.41 Å². The Balaban J connectivity index is 0.00000117. The summed E-state index contributed by atoms with van der Waals surface area (Å²) < 4.78 is 6.87. The molecule has 10 heteroatoms. The molecule has 0 bridgehead atoms. The molecule has 5 heterocycles. The topological polar surface area (TPSA) is 113 Å². The quantitative estimate of drug-likeness (QED) is 0.581. The highest BCUT2D eigenvalue weighted by molar-refractivity contribution is 5.94. The third kappa shape index (κ3) is 3.63. The van der Waals surface area contributed by atoms with E-state index in [2.05, 4.69) is 44.7 Å². The minimum absolute atomic E-state index is 0.168. The molecule has 10 nitrogen and oxygen atoms in total. The van der Waals surface area contributed by atoms with Gasteiger partial charge in [-0.15, -0.1) is 5.10 Å². The summed E-state index contributed by atoms with van der Waals surface area (Å²) in [6, 6.07) is 10.4. The molecule has 6 rings (SSSR count). The fourth-order valence-electron chi connectivity index (χ4n) is 5.35. The molecular formula is C24H28N6O4. The Kier molecular flexibility index (Phi) is 5.78. The van der Waals surface area contributed by atoms with Gasteiger partial charge in [-0.2, -0.15) is 4.52 Å². The summed E-state index contributed by atoms with van der Waals surface area (Å²) in [6.45, 7) is 5.27. The molecule has 1 spiro atoms. The minimum Gasteiger partial charge on any atom is -0.456 e. The number of cyclic esters (lactones) is 1. The van der Waals surface area contributed by atoms with Crippen LogP contribution in [0.5, 0.6) is 0 Å². The molecule has 0 aliphatic carbocycles. The van der Waals surface area contributed by atoms with Gasteiger partial charge in [0.1, 0.15) is 6.61 Å². The Hall–Kier alpha value is -3.37. The van der Waals surface area contributed by atoms with Crippen molar-refractivity contribution >= 4 is 28.4 Å². The lowest BCUT2D eigenvalue weighted by atomic mass is 9.77. The average Bonchev–Trinajstić information content (AvgIpc) is 3.56. The number of nitrogens with zero attached hydrogens (tertiary/aromatic N) is 6. The number of aromatic nitrogens is 4. The van der Waals surface area contributed by atoms with Gasteiger partial charge in [0.25, 0.3) is 0 Å². The van der Waals surface area contributed by atoms with Crippen LogP contribution in [0.3, 0.4) is 0 Å². The number of pyridine rings is 1. The van der Waals surface area contributed by atoms with Crippen molar-refractivity contribution in [3.8, 4) is 0 Å². The summed E-state index contributed by atoms with van der Waals surface area (Å²) in [5.41, 5.74) is 3.99. The van der Waals surface area contributed by atoms with Gasteiger partial charge in [0, 0.05) is 25.6 Å². The molecule has 3 aliphatic heterocycles. The molecule has 1 aromatic carbocycles. The van der Waals surface area contributed by atoms with E-state index in [1.54, 1.807) is 16.3 Å². The van der Waals surface area contributed by atoms with Crippen molar-refractivity contribution in [1.29, 1.82) is 0 Å². The van der Waals surface area contributed by atoms with Crippen LogP contribution in [0.1, 0.15) is 31.7 Å². The zero-order valence-electron chi connectivity index (χ0n) is 19.4. The smallest absolute Gasteiger partial charge is 0.336 e. The van der Waals surface area contributed by atoms with E-state index in [4.69, 9.17) is 9.84 Å². The molecule has 2 saturated heterocycles. The van der Waals surface area contributed by atoms with Crippen molar-refractivity contribution in [2.75, 3.05) is 33.4 Å². The third-order valence-corrected chi connectivity index (χ3v) is 7.36. The van der Waals surface area contributed by atoms with E-state index in [-0.39, 0.29) is 23.9 Å². The summed E-state index contributed by atoms with van der Waals surface area (Å²) >= 11 is 0. The molecule has 1 amide bonds. The second kappa shape index (κ2) is 8.77. The van der Waals surface area contributed by atoms with Gasteiger partial charge >= 0.3 is 5.97 Å². The van der Waals surface area contributed by atoms with Crippen molar-refractivity contribution in [2.45, 2.75) is 32.7 Å². The molecule has 0 radical (unpaired) electrons. The Bertz CT molecular complexity index is 1290. The molecule has 178 valence electrons. The summed E-state index contributed by atoms with van der Waals surface area (Å²) in [4.78, 5) is 29.3. The highest BCUT2D eigenvalue weighted by Gasteiger charge is 2.49. The molecule has 0 saturated carbocycles. The van der Waals surface area contributed by atoms with E-state index < -0.39 is 0 Å². The zero-order valence-corrected chi connectivity index (χ0v) is 19.4. The molecule has 34 heavy (non-hydrogen) atoms. The molecule has 3 aliphatic rings. The molecule has 2 fully saturated rings. The minimum atomic E-state index is -0.306. The number of hydrogen-bond acceptors (Lipinski definition) is 8. The number of rotatable bonds is 3. The second-order valence-corrected chi connectivity index (χ2v) is 9.09. The molecule has 3 aromatic rings. The number of carbonyl (C=O) groups excluding carboxylic acids is 2. The fraction of sp³-hybridized carbons (Fsp3) is 0.458. The van der Waals surface area contributed by atoms with Gasteiger partial charge in [0.05, 0.1) is 22.2 Å². The van der Waals surface area contributed by atoms with Gasteiger partial charge in [0.2, 0.25) is 5.91 Å². The first-order chi connectivity index (χ1) is 16.5. The van der Waals surface area contributed by atoms with E-state index in [0.29, 0.717) is 12.1 Å². The lowest BCUT2D eigenvalue weighted by molar-refractivity contribution is -0.138. The van der Waals surface area contributed by atoms with Gasteiger partial charge in [-0.3, -0.25) is 9.69 Å². The Morgan fingerprint density at radius 1 is 1.06 bits per heavy atom. The Morgan fingerprint density at radius 2 is 1.82 bits per heavy atom. The number of aliphatic hydroxyl groups is 1. The number of amides is 1. The normalized spacial score (nSPS) is 20.4. The first-order valence-corrected chi connectivity index (χ1v) is 11.5. The second-order valence-electron chi connectivity index (χ2n) is 9.09. The number of esters is 1. The maximum absolute atomic E-state index is 13.3. The van der Waals surface area contributed by atoms with Crippen LogP contribution in [0.15, 0.2) is 41.6 Å². The highest BCUT2D eigenvalue weighted by atomic mass is 16.5. The van der Waals surface area contributed by atoms with E-state index in [0.717, 1.165) is 68.3 Å². The van der Waals surface area contributed by atoms with Crippen LogP contribution < -0.4 is 0 Å². The monoisotopic (exact) mass is 464 g/mol. The fourth-order valence-corrected chi connectivity index (χ4v) is 5.35. The number of benzene rings is 1. The first-order valence-electron chi connectivity index (χ1n) is 11.5. The van der Waals surface area contributed by atoms with Crippen LogP contribution in [0.25, 0.3) is 16.6 Å². The third-order valence-electron chi connectivity index (χ3n) is 7.36. The number of hydrogen-bond donors (Lipinski definition) is 1. The number of aliphatic hydroxyl groups excluding tert-OH is 1. The maximum atomic E-state index is 13.3.